The Morgan fingerprint density at radius 2 is 1.69 bits per heavy atom. The van der Waals surface area contributed by atoms with E-state index in [1.165, 1.54) is 19.3 Å². The molecular weight excluding hydrogens is 364 g/mol. The number of rotatable bonds is 4. The Labute approximate surface area is 171 Å². The van der Waals surface area contributed by atoms with E-state index < -0.39 is 0 Å². The molecule has 2 aliphatic rings. The van der Waals surface area contributed by atoms with Gasteiger partial charge in [-0.25, -0.2) is 0 Å². The maximum atomic E-state index is 13.0. The summed E-state index contributed by atoms with van der Waals surface area (Å²) < 4.78 is 0. The second-order valence-corrected chi connectivity index (χ2v) is 7.86. The van der Waals surface area contributed by atoms with E-state index >= 15 is 0 Å². The van der Waals surface area contributed by atoms with Crippen molar-refractivity contribution in [2.24, 2.45) is 0 Å². The van der Waals surface area contributed by atoms with E-state index in [1.807, 2.05) is 35.2 Å². The van der Waals surface area contributed by atoms with Crippen molar-refractivity contribution in [3.05, 3.63) is 53.9 Å². The summed E-state index contributed by atoms with van der Waals surface area (Å²) in [5.41, 5.74) is 3.01. The topological polar surface area (TPSA) is 65.5 Å². The third kappa shape index (κ3) is 4.32. The largest absolute Gasteiger partial charge is 0.354 e. The normalized spacial score (nSPS) is 18.0. The van der Waals surface area contributed by atoms with Crippen molar-refractivity contribution >= 4 is 11.8 Å². The summed E-state index contributed by atoms with van der Waals surface area (Å²) in [7, 11) is 1.59. The first-order valence-corrected chi connectivity index (χ1v) is 10.5. The minimum Gasteiger partial charge on any atom is -0.354 e. The minimum atomic E-state index is -0.203. The summed E-state index contributed by atoms with van der Waals surface area (Å²) in [5, 5.41) is 2.56. The lowest BCUT2D eigenvalue weighted by atomic mass is 9.91. The predicted octanol–water partition coefficient (Wildman–Crippen LogP) is 2.81. The van der Waals surface area contributed by atoms with E-state index in [9.17, 15) is 9.59 Å². The second kappa shape index (κ2) is 8.74. The molecule has 2 amide bonds. The van der Waals surface area contributed by atoms with Crippen molar-refractivity contribution < 1.29 is 9.59 Å². The zero-order chi connectivity index (χ0) is 20.2. The van der Waals surface area contributed by atoms with Gasteiger partial charge in [0.05, 0.1) is 0 Å². The van der Waals surface area contributed by atoms with Crippen LogP contribution in [-0.2, 0) is 0 Å². The smallest absolute Gasteiger partial charge is 0.269 e. The molecule has 4 rings (SSSR count). The Balaban J connectivity index is 1.40. The highest BCUT2D eigenvalue weighted by Crippen LogP contribution is 2.26. The molecule has 1 aromatic heterocycles. The van der Waals surface area contributed by atoms with Gasteiger partial charge in [0.15, 0.2) is 0 Å². The molecule has 0 atom stereocenters. The first-order valence-electron chi connectivity index (χ1n) is 10.5. The summed E-state index contributed by atoms with van der Waals surface area (Å²) in [4.78, 5) is 33.3. The number of carbonyl (C=O) groups excluding carboxylic acids is 2. The number of amides is 2. The molecule has 2 heterocycles. The van der Waals surface area contributed by atoms with Crippen LogP contribution in [0.5, 0.6) is 0 Å². The van der Waals surface area contributed by atoms with E-state index in [0.29, 0.717) is 5.69 Å². The summed E-state index contributed by atoms with van der Waals surface area (Å²) in [6, 6.07) is 12.0. The van der Waals surface area contributed by atoms with Crippen LogP contribution < -0.4 is 5.32 Å². The molecule has 1 N–H and O–H groups in total. The van der Waals surface area contributed by atoms with Crippen molar-refractivity contribution in [3.63, 3.8) is 0 Å². The molecule has 1 aromatic carbocycles. The molecule has 2 fully saturated rings. The molecule has 1 saturated carbocycles. The maximum Gasteiger partial charge on any atom is 0.269 e. The van der Waals surface area contributed by atoms with E-state index in [-0.39, 0.29) is 11.8 Å². The second-order valence-electron chi connectivity index (χ2n) is 7.86. The molecule has 1 aliphatic heterocycles. The molecule has 0 spiro atoms. The van der Waals surface area contributed by atoms with Gasteiger partial charge in [-0.15, -0.1) is 0 Å². The van der Waals surface area contributed by atoms with Gasteiger partial charge in [-0.3, -0.25) is 19.5 Å². The minimum absolute atomic E-state index is 0.111. The van der Waals surface area contributed by atoms with Gasteiger partial charge in [0.1, 0.15) is 5.69 Å². The van der Waals surface area contributed by atoms with Crippen molar-refractivity contribution in [2.45, 2.75) is 31.7 Å². The molecule has 0 radical (unpaired) electrons. The molecule has 0 bridgehead atoms. The zero-order valence-corrected chi connectivity index (χ0v) is 16.9. The van der Waals surface area contributed by atoms with Crippen molar-refractivity contribution in [3.8, 4) is 11.1 Å². The average molecular weight is 393 g/mol. The number of pyridine rings is 1. The van der Waals surface area contributed by atoms with Gasteiger partial charge in [-0.1, -0.05) is 24.6 Å². The monoisotopic (exact) mass is 392 g/mol. The van der Waals surface area contributed by atoms with E-state index in [1.54, 1.807) is 19.3 Å². The highest BCUT2D eigenvalue weighted by Gasteiger charge is 2.28. The first-order chi connectivity index (χ1) is 14.2. The molecule has 1 saturated heterocycles. The highest BCUT2D eigenvalue weighted by molar-refractivity contribution is 5.95. The Kier molecular flexibility index (Phi) is 5.90. The van der Waals surface area contributed by atoms with Gasteiger partial charge >= 0.3 is 0 Å². The zero-order valence-electron chi connectivity index (χ0n) is 16.9. The molecule has 1 aliphatic carbocycles. The molecule has 6 nitrogen and oxygen atoms in total. The summed E-state index contributed by atoms with van der Waals surface area (Å²) in [5.74, 6) is -0.0917. The van der Waals surface area contributed by atoms with Crippen LogP contribution in [0.25, 0.3) is 11.1 Å². The Morgan fingerprint density at radius 3 is 2.31 bits per heavy atom. The number of hydrogen-bond donors (Lipinski definition) is 1. The Hall–Kier alpha value is -2.73. The molecule has 29 heavy (non-hydrogen) atoms. The number of nitrogens with one attached hydrogen (secondary N) is 1. The van der Waals surface area contributed by atoms with Crippen LogP contribution in [-0.4, -0.2) is 65.9 Å². The van der Waals surface area contributed by atoms with Crippen LogP contribution in [0.4, 0.5) is 0 Å². The first kappa shape index (κ1) is 19.6. The van der Waals surface area contributed by atoms with Crippen LogP contribution in [0.1, 0.15) is 46.5 Å². The van der Waals surface area contributed by atoms with Crippen molar-refractivity contribution in [1.82, 2.24) is 20.1 Å². The Morgan fingerprint density at radius 1 is 0.931 bits per heavy atom. The SMILES string of the molecule is CNC(=O)c1ccc(-c2ccc(C(=O)N3CCCN(C4CCC4)CC3)cc2)cn1. The number of aromatic nitrogens is 1. The lowest BCUT2D eigenvalue weighted by Gasteiger charge is -2.36. The predicted molar refractivity (Wildman–Crippen MR) is 113 cm³/mol. The van der Waals surface area contributed by atoms with Gasteiger partial charge in [0, 0.05) is 56.6 Å². The summed E-state index contributed by atoms with van der Waals surface area (Å²) in [6.07, 6.45) is 6.71. The van der Waals surface area contributed by atoms with Gasteiger partial charge in [0.25, 0.3) is 11.8 Å². The lowest BCUT2D eigenvalue weighted by molar-refractivity contribution is 0.0749. The van der Waals surface area contributed by atoms with Crippen molar-refractivity contribution in [1.29, 1.82) is 0 Å². The number of benzene rings is 1. The van der Waals surface area contributed by atoms with Crippen LogP contribution in [0.15, 0.2) is 42.6 Å². The fourth-order valence-electron chi connectivity index (χ4n) is 4.07. The van der Waals surface area contributed by atoms with Gasteiger partial charge in [-0.2, -0.15) is 0 Å². The van der Waals surface area contributed by atoms with Crippen molar-refractivity contribution in [2.75, 3.05) is 33.2 Å². The van der Waals surface area contributed by atoms with Gasteiger partial charge < -0.3 is 10.2 Å². The number of nitrogens with zero attached hydrogens (tertiary/aromatic N) is 3. The van der Waals surface area contributed by atoms with Crippen LogP contribution >= 0.6 is 0 Å². The third-order valence-electron chi connectivity index (χ3n) is 6.10. The van der Waals surface area contributed by atoms with Crippen LogP contribution in [0.2, 0.25) is 0 Å². The van der Waals surface area contributed by atoms with E-state index in [0.717, 1.165) is 55.3 Å². The molecule has 6 heteroatoms. The quantitative estimate of drug-likeness (QED) is 0.869. The molecular formula is C23H28N4O2. The third-order valence-corrected chi connectivity index (χ3v) is 6.10. The van der Waals surface area contributed by atoms with Crippen LogP contribution in [0.3, 0.4) is 0 Å². The standard InChI is InChI=1S/C23H28N4O2/c1-24-22(28)21-11-10-19(16-25-21)17-6-8-18(9-7-17)23(29)27-13-3-12-26(14-15-27)20-4-2-5-20/h6-11,16,20H,2-5,12-15H2,1H3,(H,24,28). The average Bonchev–Trinajstić information content (AvgIpc) is 2.98. The highest BCUT2D eigenvalue weighted by atomic mass is 16.2. The molecule has 2 aromatic rings. The van der Waals surface area contributed by atoms with E-state index in [2.05, 4.69) is 15.2 Å². The number of carbonyl (C=O) groups is 2. The Bertz CT molecular complexity index is 859. The fraction of sp³-hybridized carbons (Fsp3) is 0.435. The molecule has 152 valence electrons. The fourth-order valence-corrected chi connectivity index (χ4v) is 4.07. The summed E-state index contributed by atoms with van der Waals surface area (Å²) >= 11 is 0. The van der Waals surface area contributed by atoms with Gasteiger partial charge in [-0.05, 0) is 43.0 Å². The van der Waals surface area contributed by atoms with Crippen LogP contribution in [0, 0.1) is 0 Å². The maximum absolute atomic E-state index is 13.0. The van der Waals surface area contributed by atoms with Gasteiger partial charge in [0.2, 0.25) is 0 Å². The molecule has 0 unspecified atom stereocenters. The number of hydrogen-bond acceptors (Lipinski definition) is 4. The van der Waals surface area contributed by atoms with E-state index in [4.69, 9.17) is 0 Å². The summed E-state index contributed by atoms with van der Waals surface area (Å²) in [6.45, 7) is 3.72. The lowest BCUT2D eigenvalue weighted by Crippen LogP contribution is -2.42.